The van der Waals surface area contributed by atoms with Crippen LogP contribution in [0.2, 0.25) is 0 Å². The topological polar surface area (TPSA) is 132 Å². The van der Waals surface area contributed by atoms with Gasteiger partial charge in [0, 0.05) is 12.1 Å². The number of nitrogens with zero attached hydrogens (tertiary/aromatic N) is 2. The van der Waals surface area contributed by atoms with E-state index in [1.165, 1.54) is 12.3 Å². The van der Waals surface area contributed by atoms with E-state index in [0.29, 0.717) is 0 Å². The number of aromatic nitrogens is 1. The third-order valence-corrected chi connectivity index (χ3v) is 6.22. The number of carbonyl (C=O) groups is 1. The molecule has 128 valence electrons. The van der Waals surface area contributed by atoms with Gasteiger partial charge in [-0.15, -0.1) is 0 Å². The first-order chi connectivity index (χ1) is 11.9. The molecule has 1 aromatic carbocycles. The molecule has 0 aliphatic carbocycles. The largest absolute Gasteiger partial charge is 0.459 e. The van der Waals surface area contributed by atoms with E-state index in [-0.39, 0.29) is 25.7 Å². The summed E-state index contributed by atoms with van der Waals surface area (Å²) in [5, 5.41) is 13.2. The number of hydrogen-bond acceptors (Lipinski definition) is 8. The highest BCUT2D eigenvalue weighted by Gasteiger charge is 2.22. The van der Waals surface area contributed by atoms with Gasteiger partial charge in [-0.05, 0) is 24.3 Å². The van der Waals surface area contributed by atoms with Gasteiger partial charge in [-0.1, -0.05) is 11.3 Å². The monoisotopic (exact) mass is 379 g/mol. The summed E-state index contributed by atoms with van der Waals surface area (Å²) in [6, 6.07) is 7.50. The van der Waals surface area contributed by atoms with Crippen molar-refractivity contribution in [2.45, 2.75) is 9.10 Å². The van der Waals surface area contributed by atoms with Crippen LogP contribution in [0.25, 0.3) is 0 Å². The molecule has 1 N–H and O–H groups in total. The average Bonchev–Trinajstić information content (AvgIpc) is 3.26. The molecule has 2 aromatic heterocycles. The Balaban J connectivity index is 1.83. The Morgan fingerprint density at radius 3 is 2.56 bits per heavy atom. The van der Waals surface area contributed by atoms with Gasteiger partial charge in [0.15, 0.2) is 10.9 Å². The zero-order chi connectivity index (χ0) is 18.0. The number of carbonyl (C=O) groups excluding carboxylic acids is 1. The number of hydrogen-bond donors (Lipinski definition) is 1. The van der Waals surface area contributed by atoms with Gasteiger partial charge in [-0.2, -0.15) is 0 Å². The number of thiazole rings is 1. The third kappa shape index (κ3) is 3.41. The number of amides is 1. The first kappa shape index (κ1) is 16.8. The summed E-state index contributed by atoms with van der Waals surface area (Å²) in [5.74, 6) is -0.492. The van der Waals surface area contributed by atoms with Crippen molar-refractivity contribution in [3.8, 4) is 0 Å². The van der Waals surface area contributed by atoms with Crippen molar-refractivity contribution in [3.63, 3.8) is 0 Å². The van der Waals surface area contributed by atoms with Gasteiger partial charge in [-0.3, -0.25) is 20.2 Å². The molecule has 0 saturated carbocycles. The van der Waals surface area contributed by atoms with Crippen molar-refractivity contribution in [3.05, 3.63) is 64.7 Å². The molecule has 0 aliphatic heterocycles. The molecule has 2 heterocycles. The zero-order valence-corrected chi connectivity index (χ0v) is 13.9. The van der Waals surface area contributed by atoms with Crippen LogP contribution >= 0.6 is 11.3 Å². The number of rotatable bonds is 5. The third-order valence-electron chi connectivity index (χ3n) is 3.07. The lowest BCUT2D eigenvalue weighted by atomic mass is 10.3. The van der Waals surface area contributed by atoms with Gasteiger partial charge in [0.25, 0.3) is 11.6 Å². The first-order valence-corrected chi connectivity index (χ1v) is 8.98. The Bertz CT molecular complexity index is 1020. The number of nitrogens with one attached hydrogen (secondary N) is 1. The summed E-state index contributed by atoms with van der Waals surface area (Å²) >= 11 is 0.764. The van der Waals surface area contributed by atoms with Crippen LogP contribution in [0.1, 0.15) is 10.6 Å². The maximum Gasteiger partial charge on any atom is 0.293 e. The Hall–Kier alpha value is -3.05. The number of benzene rings is 1. The summed E-state index contributed by atoms with van der Waals surface area (Å²) in [4.78, 5) is 25.6. The van der Waals surface area contributed by atoms with Crippen LogP contribution in [0.5, 0.6) is 0 Å². The van der Waals surface area contributed by atoms with E-state index in [1.54, 1.807) is 6.07 Å². The molecule has 0 atom stereocenters. The molecule has 0 aliphatic rings. The normalized spacial score (nSPS) is 11.2. The predicted molar refractivity (Wildman–Crippen MR) is 87.3 cm³/mol. The molecule has 0 bridgehead atoms. The van der Waals surface area contributed by atoms with Crippen molar-refractivity contribution >= 4 is 37.9 Å². The Morgan fingerprint density at radius 2 is 1.96 bits per heavy atom. The minimum absolute atomic E-state index is 0.0648. The van der Waals surface area contributed by atoms with Crippen molar-refractivity contribution in [1.82, 2.24) is 4.98 Å². The molecule has 11 heteroatoms. The Kier molecular flexibility index (Phi) is 4.33. The second kappa shape index (κ2) is 6.45. The summed E-state index contributed by atoms with van der Waals surface area (Å²) in [7, 11) is -3.89. The minimum Gasteiger partial charge on any atom is -0.459 e. The maximum absolute atomic E-state index is 12.5. The molecule has 0 saturated heterocycles. The summed E-state index contributed by atoms with van der Waals surface area (Å²) in [5.41, 5.74) is -0.213. The van der Waals surface area contributed by atoms with E-state index in [4.69, 9.17) is 4.42 Å². The quantitative estimate of drug-likeness (QED) is 0.532. The van der Waals surface area contributed by atoms with Crippen LogP contribution in [0.15, 0.2) is 62.4 Å². The standard InChI is InChI=1S/C14H9N3O6S2/c18-13(11-2-1-7-23-11)16-14-15-8-12(24-14)25(21,22)10-5-3-9(4-6-10)17(19)20/h1-8H,(H,15,16,18). The van der Waals surface area contributed by atoms with E-state index >= 15 is 0 Å². The lowest BCUT2D eigenvalue weighted by Gasteiger charge is -2.01. The minimum atomic E-state index is -3.89. The van der Waals surface area contributed by atoms with Crippen molar-refractivity contribution in [1.29, 1.82) is 0 Å². The van der Waals surface area contributed by atoms with Gasteiger partial charge in [0.05, 0.1) is 22.3 Å². The number of anilines is 1. The molecule has 0 unspecified atom stereocenters. The van der Waals surface area contributed by atoms with Crippen molar-refractivity contribution < 1.29 is 22.6 Å². The molecule has 0 radical (unpaired) electrons. The van der Waals surface area contributed by atoms with Crippen LogP contribution in [0, 0.1) is 10.1 Å². The van der Waals surface area contributed by atoms with Crippen LogP contribution in [-0.2, 0) is 9.84 Å². The van der Waals surface area contributed by atoms with Crippen LogP contribution in [0.4, 0.5) is 10.8 Å². The fraction of sp³-hybridized carbons (Fsp3) is 0. The maximum atomic E-state index is 12.5. The van der Waals surface area contributed by atoms with E-state index in [1.807, 2.05) is 0 Å². The summed E-state index contributed by atoms with van der Waals surface area (Å²) in [6.07, 6.45) is 2.44. The number of nitro benzene ring substituents is 1. The highest BCUT2D eigenvalue weighted by Crippen LogP contribution is 2.29. The van der Waals surface area contributed by atoms with Gasteiger partial charge >= 0.3 is 0 Å². The second-order valence-electron chi connectivity index (χ2n) is 4.67. The van der Waals surface area contributed by atoms with Crippen LogP contribution in [-0.4, -0.2) is 24.2 Å². The average molecular weight is 379 g/mol. The van der Waals surface area contributed by atoms with Crippen LogP contribution < -0.4 is 5.32 Å². The number of nitro groups is 1. The van der Waals surface area contributed by atoms with E-state index in [9.17, 15) is 23.3 Å². The van der Waals surface area contributed by atoms with E-state index < -0.39 is 20.7 Å². The van der Waals surface area contributed by atoms with Crippen LogP contribution in [0.3, 0.4) is 0 Å². The Labute approximate surface area is 145 Å². The first-order valence-electron chi connectivity index (χ1n) is 6.68. The molecule has 25 heavy (non-hydrogen) atoms. The van der Waals surface area contributed by atoms with Gasteiger partial charge in [0.2, 0.25) is 9.84 Å². The molecule has 9 nitrogen and oxygen atoms in total. The smallest absolute Gasteiger partial charge is 0.293 e. The van der Waals surface area contributed by atoms with Crippen molar-refractivity contribution in [2.24, 2.45) is 0 Å². The van der Waals surface area contributed by atoms with E-state index in [0.717, 1.165) is 41.8 Å². The summed E-state index contributed by atoms with van der Waals surface area (Å²) < 4.78 is 29.9. The molecular weight excluding hydrogens is 370 g/mol. The molecule has 3 rings (SSSR count). The molecule has 0 fully saturated rings. The highest BCUT2D eigenvalue weighted by atomic mass is 32.2. The molecular formula is C14H9N3O6S2. The van der Waals surface area contributed by atoms with E-state index in [2.05, 4.69) is 10.3 Å². The lowest BCUT2D eigenvalue weighted by molar-refractivity contribution is -0.384. The molecule has 0 spiro atoms. The lowest BCUT2D eigenvalue weighted by Crippen LogP contribution is -2.10. The van der Waals surface area contributed by atoms with Gasteiger partial charge in [0.1, 0.15) is 4.21 Å². The number of non-ortho nitro benzene ring substituents is 1. The van der Waals surface area contributed by atoms with Gasteiger partial charge < -0.3 is 4.42 Å². The molecule has 3 aromatic rings. The fourth-order valence-corrected chi connectivity index (χ4v) is 4.30. The second-order valence-corrected chi connectivity index (χ2v) is 7.88. The number of furan rings is 1. The molecule has 1 amide bonds. The number of sulfone groups is 1. The SMILES string of the molecule is O=C(Nc1ncc(S(=O)(=O)c2ccc([N+](=O)[O-])cc2)s1)c1ccco1. The predicted octanol–water partition coefficient (Wildman–Crippen LogP) is 2.73. The van der Waals surface area contributed by atoms with Crippen molar-refractivity contribution in [2.75, 3.05) is 5.32 Å². The summed E-state index contributed by atoms with van der Waals surface area (Å²) in [6.45, 7) is 0. The fourth-order valence-electron chi connectivity index (χ4n) is 1.87. The highest BCUT2D eigenvalue weighted by molar-refractivity contribution is 7.93. The Morgan fingerprint density at radius 1 is 1.24 bits per heavy atom. The zero-order valence-electron chi connectivity index (χ0n) is 12.3. The van der Waals surface area contributed by atoms with Gasteiger partial charge in [-0.25, -0.2) is 13.4 Å².